The van der Waals surface area contributed by atoms with Crippen molar-refractivity contribution in [3.8, 4) is 0 Å². The van der Waals surface area contributed by atoms with Gasteiger partial charge in [0.25, 0.3) is 0 Å². The topological polar surface area (TPSA) is 231 Å². The third-order valence-corrected chi connectivity index (χ3v) is 20.3. The average Bonchev–Trinajstić information content (AvgIpc) is 4.31. The van der Waals surface area contributed by atoms with E-state index in [2.05, 4.69) is 13.8 Å². The second-order valence-corrected chi connectivity index (χ2v) is 27.5. The van der Waals surface area contributed by atoms with Crippen molar-refractivity contribution in [3.05, 3.63) is 0 Å². The fourth-order valence-corrected chi connectivity index (χ4v) is 13.9. The minimum Gasteiger partial charge on any atom is -0.469 e. The molecule has 1 N–H and O–H groups in total. The molecule has 2 heterocycles. The normalized spacial score (nSPS) is 33.7. The first-order valence-corrected chi connectivity index (χ1v) is 29.5. The number of methoxy groups -OCH3 is 1. The third kappa shape index (κ3) is 13.5. The van der Waals surface area contributed by atoms with E-state index in [1.165, 1.54) is 58.5 Å². The highest BCUT2D eigenvalue weighted by molar-refractivity contribution is 5.86. The SMILES string of the molecule is CCC(C)(C)C(=O)OC1(C)CCCCC12CCCC2.CCC(C)(C)C(=O)OC12CC3CC(CC(O)(C3)C1)C2.CCC(C)(C)C(=O)OC1COC(=O)C1.CCC(C)(C)C(=O)OCC(=O)OC1C2CC3C1OC(=O)C3C2C(=O)OC. The molecule has 8 aliphatic carbocycles. The van der Waals surface area contributed by atoms with Crippen LogP contribution < -0.4 is 0 Å². The summed E-state index contributed by atoms with van der Waals surface area (Å²) in [6.07, 6.45) is 17.7. The van der Waals surface area contributed by atoms with E-state index in [9.17, 15) is 43.5 Å². The summed E-state index contributed by atoms with van der Waals surface area (Å²) in [5, 5.41) is 10.6. The highest BCUT2D eigenvalue weighted by atomic mass is 16.6. The summed E-state index contributed by atoms with van der Waals surface area (Å²) in [6.45, 7) is 24.8. The van der Waals surface area contributed by atoms with Gasteiger partial charge in [-0.1, -0.05) is 47.0 Å². The number of esters is 8. The lowest BCUT2D eigenvalue weighted by Gasteiger charge is -2.59. The quantitative estimate of drug-likeness (QED) is 0.119. The predicted octanol–water partition coefficient (Wildman–Crippen LogP) is 10.0. The Balaban J connectivity index is 0.000000172. The van der Waals surface area contributed by atoms with Gasteiger partial charge < -0.3 is 43.0 Å². The Kier molecular flexibility index (Phi) is 19.4. The lowest BCUT2D eigenvalue weighted by molar-refractivity contribution is -0.225. The monoisotopic (exact) mass is 1100 g/mol. The van der Waals surface area contributed by atoms with Crippen molar-refractivity contribution >= 4 is 47.8 Å². The standard InChI is InChI=1S/C18H24O8.C17H30O2.C16H26O3.C10H16O4/c1-5-18(2,3)17(22)24-7-10(19)25-13-8-6-9-12(11(8)15(20)23-4)16(21)26-14(9)13;1-5-15(2,3)14(18)19-16(4)10-6-7-11-17(16)12-8-9-13-17;1-4-14(2,3)13(17)19-16-8-11-5-12(9-16)7-15(18,6-11)10-16;1-4-10(2,3)9(12)14-7-5-8(11)13-6-7/h8-9,11-14H,5-7H2,1-4H3;5-13H2,1-4H3;11-12,18H,4-10H2,1-3H3;7H,4-6H2,1-3H3. The molecule has 442 valence electrons. The molecule has 10 rings (SSSR count). The van der Waals surface area contributed by atoms with Crippen molar-refractivity contribution in [1.29, 1.82) is 0 Å². The van der Waals surface area contributed by atoms with E-state index < -0.39 is 76.4 Å². The highest BCUT2D eigenvalue weighted by Gasteiger charge is 2.70. The van der Waals surface area contributed by atoms with Crippen LogP contribution in [0.4, 0.5) is 0 Å². The van der Waals surface area contributed by atoms with Gasteiger partial charge in [0.2, 0.25) is 0 Å². The Hall–Kier alpha value is -4.28. The molecule has 6 bridgehead atoms. The van der Waals surface area contributed by atoms with Gasteiger partial charge in [-0.2, -0.15) is 0 Å². The Labute approximate surface area is 464 Å². The molecular formula is C61H96O17. The van der Waals surface area contributed by atoms with E-state index in [4.69, 9.17) is 37.9 Å². The van der Waals surface area contributed by atoms with E-state index in [0.717, 1.165) is 44.9 Å². The summed E-state index contributed by atoms with van der Waals surface area (Å²) < 4.78 is 42.6. The van der Waals surface area contributed by atoms with Gasteiger partial charge in [-0.05, 0) is 170 Å². The van der Waals surface area contributed by atoms with Crippen LogP contribution in [0.1, 0.15) is 218 Å². The number of aliphatic hydroxyl groups is 1. The fraction of sp³-hybridized carbons (Fsp3) is 0.869. The van der Waals surface area contributed by atoms with Crippen molar-refractivity contribution < 1.29 is 81.4 Å². The molecule has 2 aliphatic heterocycles. The summed E-state index contributed by atoms with van der Waals surface area (Å²) >= 11 is 0. The third-order valence-electron chi connectivity index (χ3n) is 20.3. The van der Waals surface area contributed by atoms with Crippen molar-refractivity contribution in [2.45, 2.75) is 254 Å². The minimum atomic E-state index is -0.717. The van der Waals surface area contributed by atoms with Gasteiger partial charge in [0.05, 0.1) is 52.6 Å². The molecule has 0 amide bonds. The van der Waals surface area contributed by atoms with Gasteiger partial charge in [-0.15, -0.1) is 0 Å². The van der Waals surface area contributed by atoms with Gasteiger partial charge in [0.1, 0.15) is 36.1 Å². The second kappa shape index (κ2) is 24.0. The first kappa shape index (κ1) is 62.9. The maximum absolute atomic E-state index is 12.5. The van der Waals surface area contributed by atoms with E-state index in [1.54, 1.807) is 13.8 Å². The first-order valence-electron chi connectivity index (χ1n) is 29.5. The molecule has 0 aromatic heterocycles. The lowest BCUT2D eigenvalue weighted by Crippen LogP contribution is -2.61. The molecule has 10 atom stereocenters. The first-order chi connectivity index (χ1) is 36.3. The summed E-state index contributed by atoms with van der Waals surface area (Å²) in [5.41, 5.74) is -2.77. The van der Waals surface area contributed by atoms with Crippen LogP contribution in [0, 0.1) is 62.6 Å². The molecule has 17 nitrogen and oxygen atoms in total. The maximum Gasteiger partial charge on any atom is 0.344 e. The van der Waals surface area contributed by atoms with Crippen LogP contribution in [0.3, 0.4) is 0 Å². The number of rotatable bonds is 15. The zero-order chi connectivity index (χ0) is 58.0. The number of hydrogen-bond donors (Lipinski definition) is 1. The minimum absolute atomic E-state index is 0.00525. The van der Waals surface area contributed by atoms with Crippen molar-refractivity contribution in [2.75, 3.05) is 20.3 Å². The summed E-state index contributed by atoms with van der Waals surface area (Å²) in [6, 6.07) is 0. The van der Waals surface area contributed by atoms with Crippen LogP contribution in [0.5, 0.6) is 0 Å². The van der Waals surface area contributed by atoms with E-state index >= 15 is 0 Å². The molecule has 1 spiro atoms. The van der Waals surface area contributed by atoms with Crippen LogP contribution in [0.2, 0.25) is 0 Å². The molecule has 0 radical (unpaired) electrons. The molecule has 8 saturated carbocycles. The van der Waals surface area contributed by atoms with E-state index in [0.29, 0.717) is 37.5 Å². The molecule has 10 unspecified atom stereocenters. The number of carbonyl (C=O) groups is 8. The largest absolute Gasteiger partial charge is 0.469 e. The Bertz CT molecular complexity index is 2210. The Morgan fingerprint density at radius 2 is 1.17 bits per heavy atom. The number of cyclic esters (lactones) is 1. The van der Waals surface area contributed by atoms with E-state index in [-0.39, 0.29) is 76.9 Å². The second-order valence-electron chi connectivity index (χ2n) is 27.5. The molecule has 78 heavy (non-hydrogen) atoms. The molecule has 0 aromatic rings. The zero-order valence-corrected chi connectivity index (χ0v) is 49.7. The summed E-state index contributed by atoms with van der Waals surface area (Å²) in [5.74, 6) is -3.28. The molecule has 17 heteroatoms. The number of carbonyl (C=O) groups excluding carboxylic acids is 8. The fourth-order valence-electron chi connectivity index (χ4n) is 13.9. The molecule has 10 fully saturated rings. The van der Waals surface area contributed by atoms with Crippen molar-refractivity contribution in [2.24, 2.45) is 62.6 Å². The number of hydrogen-bond acceptors (Lipinski definition) is 17. The highest BCUT2D eigenvalue weighted by Crippen LogP contribution is 2.61. The van der Waals surface area contributed by atoms with Crippen LogP contribution in [-0.2, 0) is 76.3 Å². The maximum atomic E-state index is 12.5. The van der Waals surface area contributed by atoms with Gasteiger partial charge in [0, 0.05) is 23.7 Å². The number of ether oxygens (including phenoxy) is 8. The summed E-state index contributed by atoms with van der Waals surface area (Å²) in [7, 11) is 1.27. The van der Waals surface area contributed by atoms with Gasteiger partial charge >= 0.3 is 47.8 Å². The van der Waals surface area contributed by atoms with Gasteiger partial charge in [-0.25, -0.2) is 4.79 Å². The Morgan fingerprint density at radius 1 is 0.654 bits per heavy atom. The Morgan fingerprint density at radius 3 is 1.67 bits per heavy atom. The van der Waals surface area contributed by atoms with Crippen molar-refractivity contribution in [1.82, 2.24) is 0 Å². The van der Waals surface area contributed by atoms with Crippen LogP contribution in [0.25, 0.3) is 0 Å². The number of fused-ring (bicyclic) bond motifs is 1. The van der Waals surface area contributed by atoms with Crippen LogP contribution in [-0.4, -0.2) is 108 Å². The summed E-state index contributed by atoms with van der Waals surface area (Å²) in [4.78, 5) is 95.4. The molecular weight excluding hydrogens is 1000 g/mol. The zero-order valence-electron chi connectivity index (χ0n) is 49.7. The van der Waals surface area contributed by atoms with Crippen LogP contribution in [0.15, 0.2) is 0 Å². The van der Waals surface area contributed by atoms with Gasteiger partial charge in [-0.3, -0.25) is 33.6 Å². The van der Waals surface area contributed by atoms with Crippen LogP contribution >= 0.6 is 0 Å². The van der Waals surface area contributed by atoms with Crippen molar-refractivity contribution in [3.63, 3.8) is 0 Å². The van der Waals surface area contributed by atoms with E-state index in [1.807, 2.05) is 62.3 Å². The average molecular weight is 1100 g/mol. The smallest absolute Gasteiger partial charge is 0.344 e. The lowest BCUT2D eigenvalue weighted by atomic mass is 9.52. The molecule has 2 saturated heterocycles. The predicted molar refractivity (Wildman–Crippen MR) is 285 cm³/mol. The van der Waals surface area contributed by atoms with Gasteiger partial charge in [0.15, 0.2) is 6.61 Å². The molecule has 0 aromatic carbocycles. The molecule has 10 aliphatic rings.